The van der Waals surface area contributed by atoms with E-state index in [2.05, 4.69) is 31.3 Å². The maximum absolute atomic E-state index is 12.4. The van der Waals surface area contributed by atoms with Gasteiger partial charge in [0.15, 0.2) is 0 Å². The van der Waals surface area contributed by atoms with Gasteiger partial charge >= 0.3 is 0 Å². The van der Waals surface area contributed by atoms with Crippen LogP contribution in [0.3, 0.4) is 0 Å². The Kier molecular flexibility index (Phi) is 4.00. The van der Waals surface area contributed by atoms with Gasteiger partial charge in [0, 0.05) is 28.1 Å². The predicted octanol–water partition coefficient (Wildman–Crippen LogP) is 2.81. The van der Waals surface area contributed by atoms with Gasteiger partial charge in [-0.15, -0.1) is 11.3 Å². The number of hydrogen-bond acceptors (Lipinski definition) is 3. The molecule has 2 heterocycles. The molecular weight excluding hydrogens is 230 g/mol. The summed E-state index contributed by atoms with van der Waals surface area (Å²) in [6, 6.07) is 4.27. The van der Waals surface area contributed by atoms with E-state index in [4.69, 9.17) is 0 Å². The zero-order chi connectivity index (χ0) is 12.3. The highest BCUT2D eigenvalue weighted by molar-refractivity contribution is 7.12. The smallest absolute Gasteiger partial charge is 0.145 e. The summed E-state index contributed by atoms with van der Waals surface area (Å²) in [6.07, 6.45) is 3.67. The van der Waals surface area contributed by atoms with Crippen molar-refractivity contribution in [2.75, 3.05) is 13.1 Å². The number of nitrogens with one attached hydrogen (secondary N) is 1. The van der Waals surface area contributed by atoms with Crippen molar-refractivity contribution in [1.29, 1.82) is 0 Å². The van der Waals surface area contributed by atoms with Gasteiger partial charge in [0.05, 0.1) is 0 Å². The molecule has 2 rings (SSSR count). The first-order valence-electron chi connectivity index (χ1n) is 6.52. The van der Waals surface area contributed by atoms with Crippen molar-refractivity contribution in [1.82, 2.24) is 5.32 Å². The van der Waals surface area contributed by atoms with Crippen molar-refractivity contribution in [2.45, 2.75) is 39.5 Å². The van der Waals surface area contributed by atoms with Gasteiger partial charge in [0.1, 0.15) is 5.78 Å². The molecule has 1 N–H and O–H groups in total. The molecule has 1 aliphatic heterocycles. The number of carbonyl (C=O) groups excluding carboxylic acids is 1. The van der Waals surface area contributed by atoms with Crippen molar-refractivity contribution < 1.29 is 4.79 Å². The summed E-state index contributed by atoms with van der Waals surface area (Å²) >= 11 is 1.79. The topological polar surface area (TPSA) is 29.1 Å². The van der Waals surface area contributed by atoms with Crippen LogP contribution in [0.15, 0.2) is 12.1 Å². The van der Waals surface area contributed by atoms with E-state index in [0.29, 0.717) is 12.2 Å². The summed E-state index contributed by atoms with van der Waals surface area (Å²) in [4.78, 5) is 15.0. The highest BCUT2D eigenvalue weighted by Gasteiger charge is 2.38. The fourth-order valence-corrected chi connectivity index (χ4v) is 3.49. The quantitative estimate of drug-likeness (QED) is 0.872. The number of hydrogen-bond donors (Lipinski definition) is 1. The number of aryl methyl sites for hydroxylation is 1. The van der Waals surface area contributed by atoms with Gasteiger partial charge in [-0.1, -0.05) is 13.8 Å². The van der Waals surface area contributed by atoms with Crippen LogP contribution in [0.4, 0.5) is 0 Å². The lowest BCUT2D eigenvalue weighted by atomic mass is 9.78. The Morgan fingerprint density at radius 1 is 1.41 bits per heavy atom. The molecule has 1 saturated heterocycles. The van der Waals surface area contributed by atoms with Crippen molar-refractivity contribution in [3.8, 4) is 0 Å². The first-order chi connectivity index (χ1) is 8.20. The van der Waals surface area contributed by atoms with E-state index in [1.54, 1.807) is 11.3 Å². The molecule has 1 aliphatic rings. The van der Waals surface area contributed by atoms with E-state index >= 15 is 0 Å². The van der Waals surface area contributed by atoms with Gasteiger partial charge in [-0.25, -0.2) is 0 Å². The van der Waals surface area contributed by atoms with Crippen molar-refractivity contribution in [2.24, 2.45) is 5.41 Å². The molecule has 0 saturated carbocycles. The van der Waals surface area contributed by atoms with Gasteiger partial charge in [-0.3, -0.25) is 4.79 Å². The molecule has 3 heteroatoms. The van der Waals surface area contributed by atoms with E-state index in [9.17, 15) is 4.79 Å². The Labute approximate surface area is 107 Å². The predicted molar refractivity (Wildman–Crippen MR) is 72.6 cm³/mol. The second-order valence-electron chi connectivity index (χ2n) is 4.88. The second-order valence-corrected chi connectivity index (χ2v) is 6.14. The van der Waals surface area contributed by atoms with Crippen LogP contribution in [0.25, 0.3) is 0 Å². The minimum Gasteiger partial charge on any atom is -0.316 e. The molecule has 0 bridgehead atoms. The average Bonchev–Trinajstić information content (AvgIpc) is 2.97. The molecule has 1 unspecified atom stereocenters. The molecule has 0 spiro atoms. The highest BCUT2D eigenvalue weighted by Crippen LogP contribution is 2.32. The molecule has 2 nitrogen and oxygen atoms in total. The lowest BCUT2D eigenvalue weighted by Gasteiger charge is -2.24. The van der Waals surface area contributed by atoms with Gasteiger partial charge in [-0.05, 0) is 37.9 Å². The van der Waals surface area contributed by atoms with E-state index in [1.165, 1.54) is 9.75 Å². The van der Waals surface area contributed by atoms with Gasteiger partial charge < -0.3 is 5.32 Å². The lowest BCUT2D eigenvalue weighted by molar-refractivity contribution is -0.127. The lowest BCUT2D eigenvalue weighted by Crippen LogP contribution is -2.33. The third-order valence-corrected chi connectivity index (χ3v) is 5.14. The monoisotopic (exact) mass is 251 g/mol. The zero-order valence-corrected chi connectivity index (χ0v) is 11.5. The first-order valence-corrected chi connectivity index (χ1v) is 7.33. The average molecular weight is 251 g/mol. The van der Waals surface area contributed by atoms with E-state index in [0.717, 1.165) is 32.4 Å². The Morgan fingerprint density at radius 2 is 2.18 bits per heavy atom. The Balaban J connectivity index is 2.05. The van der Waals surface area contributed by atoms with Crippen molar-refractivity contribution in [3.05, 3.63) is 21.9 Å². The van der Waals surface area contributed by atoms with Crippen LogP contribution >= 0.6 is 11.3 Å². The minimum absolute atomic E-state index is 0.0869. The molecule has 17 heavy (non-hydrogen) atoms. The Hall–Kier alpha value is -0.670. The third-order valence-electron chi connectivity index (χ3n) is 3.91. The standard InChI is InChI=1S/C14H21NOS/c1-3-11-5-6-12(17-11)9-13(16)14(4-2)7-8-15-10-14/h5-6,15H,3-4,7-10H2,1-2H3. The van der Waals surface area contributed by atoms with Crippen LogP contribution in [-0.4, -0.2) is 18.9 Å². The molecular formula is C14H21NOS. The minimum atomic E-state index is -0.0869. The molecule has 0 radical (unpaired) electrons. The zero-order valence-electron chi connectivity index (χ0n) is 10.7. The van der Waals surface area contributed by atoms with Crippen molar-refractivity contribution in [3.63, 3.8) is 0 Å². The normalized spacial score (nSPS) is 24.1. The fourth-order valence-electron chi connectivity index (χ4n) is 2.53. The van der Waals surface area contributed by atoms with Gasteiger partial charge in [-0.2, -0.15) is 0 Å². The summed E-state index contributed by atoms with van der Waals surface area (Å²) in [5.41, 5.74) is -0.0869. The fraction of sp³-hybridized carbons (Fsp3) is 0.643. The first kappa shape index (κ1) is 12.8. The SMILES string of the molecule is CCc1ccc(CC(=O)C2(CC)CCNC2)s1. The van der Waals surface area contributed by atoms with Gasteiger partial charge in [0.2, 0.25) is 0 Å². The van der Waals surface area contributed by atoms with E-state index in [-0.39, 0.29) is 5.41 Å². The summed E-state index contributed by atoms with van der Waals surface area (Å²) < 4.78 is 0. The Morgan fingerprint density at radius 3 is 2.71 bits per heavy atom. The number of ketones is 1. The number of thiophene rings is 1. The van der Waals surface area contributed by atoms with Crippen LogP contribution in [0.2, 0.25) is 0 Å². The summed E-state index contributed by atoms with van der Waals surface area (Å²) in [7, 11) is 0. The number of rotatable bonds is 5. The second kappa shape index (κ2) is 5.32. The molecule has 1 aromatic heterocycles. The van der Waals surface area contributed by atoms with Crippen LogP contribution in [0.5, 0.6) is 0 Å². The van der Waals surface area contributed by atoms with Crippen LogP contribution in [-0.2, 0) is 17.6 Å². The van der Waals surface area contributed by atoms with E-state index < -0.39 is 0 Å². The largest absolute Gasteiger partial charge is 0.316 e. The molecule has 0 aromatic carbocycles. The maximum Gasteiger partial charge on any atom is 0.145 e. The van der Waals surface area contributed by atoms with Crippen LogP contribution < -0.4 is 5.32 Å². The van der Waals surface area contributed by atoms with Crippen molar-refractivity contribution >= 4 is 17.1 Å². The number of carbonyl (C=O) groups is 1. The third kappa shape index (κ3) is 2.61. The summed E-state index contributed by atoms with van der Waals surface area (Å²) in [5.74, 6) is 0.425. The van der Waals surface area contributed by atoms with Gasteiger partial charge in [0.25, 0.3) is 0 Å². The molecule has 94 valence electrons. The highest BCUT2D eigenvalue weighted by atomic mass is 32.1. The summed E-state index contributed by atoms with van der Waals surface area (Å²) in [5, 5.41) is 3.33. The van der Waals surface area contributed by atoms with Crippen LogP contribution in [0.1, 0.15) is 36.4 Å². The van der Waals surface area contributed by atoms with E-state index in [1.807, 2.05) is 0 Å². The molecule has 1 fully saturated rings. The summed E-state index contributed by atoms with van der Waals surface area (Å²) in [6.45, 7) is 6.15. The maximum atomic E-state index is 12.4. The van der Waals surface area contributed by atoms with Crippen LogP contribution in [0, 0.1) is 5.41 Å². The number of Topliss-reactive ketones (excluding diaryl/α,β-unsaturated/α-hetero) is 1. The molecule has 1 aromatic rings. The molecule has 0 aliphatic carbocycles. The molecule has 1 atom stereocenters. The molecule has 0 amide bonds. The Bertz CT molecular complexity index is 391.